The van der Waals surface area contributed by atoms with E-state index in [1.807, 2.05) is 60.7 Å². The van der Waals surface area contributed by atoms with Crippen LogP contribution in [0, 0.1) is 5.92 Å². The molecular weight excluding hydrogens is 464 g/mol. The third kappa shape index (κ3) is 5.29. The second-order valence-electron chi connectivity index (χ2n) is 5.52. The van der Waals surface area contributed by atoms with Gasteiger partial charge in [0.2, 0.25) is 0 Å². The zero-order valence-electron chi connectivity index (χ0n) is 14.3. The zero-order chi connectivity index (χ0) is 19.1. The lowest BCUT2D eigenvalue weighted by atomic mass is 9.85. The van der Waals surface area contributed by atoms with Gasteiger partial charge in [-0.1, -0.05) is 68.3 Å². The molecule has 0 heterocycles. The van der Waals surface area contributed by atoms with Gasteiger partial charge in [0.05, 0.1) is 14.2 Å². The molecule has 0 aliphatic heterocycles. The van der Waals surface area contributed by atoms with Crippen LogP contribution < -0.4 is 0 Å². The Bertz CT molecular complexity index is 801. The van der Waals surface area contributed by atoms with Gasteiger partial charge in [0.25, 0.3) is 0 Å². The third-order valence-electron chi connectivity index (χ3n) is 3.85. The van der Waals surface area contributed by atoms with E-state index in [9.17, 15) is 9.59 Å². The van der Waals surface area contributed by atoms with Crippen LogP contribution in [0.1, 0.15) is 17.0 Å². The van der Waals surface area contributed by atoms with E-state index in [0.29, 0.717) is 0 Å². The fourth-order valence-corrected chi connectivity index (χ4v) is 3.43. The highest BCUT2D eigenvalue weighted by Gasteiger charge is 2.36. The molecule has 0 saturated carbocycles. The Kier molecular flexibility index (Phi) is 7.60. The monoisotopic (exact) mass is 480 g/mol. The first-order valence-corrected chi connectivity index (χ1v) is 9.39. The first kappa shape index (κ1) is 20.4. The fraction of sp³-hybridized carbons (Fsp3) is 0.200. The lowest BCUT2D eigenvalue weighted by Gasteiger charge is -2.21. The van der Waals surface area contributed by atoms with Crippen LogP contribution in [-0.4, -0.2) is 26.2 Å². The van der Waals surface area contributed by atoms with Gasteiger partial charge in [-0.05, 0) is 35.4 Å². The Hall–Kier alpha value is -1.92. The number of hydrogen-bond acceptors (Lipinski definition) is 4. The maximum atomic E-state index is 12.3. The Morgan fingerprint density at radius 3 is 2.04 bits per heavy atom. The number of allylic oxidation sites excluding steroid dienone is 1. The minimum Gasteiger partial charge on any atom is -0.468 e. The first-order valence-electron chi connectivity index (χ1n) is 7.81. The highest BCUT2D eigenvalue weighted by Crippen LogP contribution is 2.31. The molecule has 0 radical (unpaired) electrons. The van der Waals surface area contributed by atoms with Gasteiger partial charge in [-0.15, -0.1) is 0 Å². The number of carbonyl (C=O) groups is 2. The molecule has 0 unspecified atom stereocenters. The summed E-state index contributed by atoms with van der Waals surface area (Å²) in [5.74, 6) is -2.91. The summed E-state index contributed by atoms with van der Waals surface area (Å²) in [6.45, 7) is 0. The number of halogens is 2. The number of carbonyl (C=O) groups excluding carboxylic acids is 2. The summed E-state index contributed by atoms with van der Waals surface area (Å²) in [5, 5.41) is 0. The molecular formula is C20H18Br2O4. The zero-order valence-corrected chi connectivity index (χ0v) is 17.5. The van der Waals surface area contributed by atoms with Crippen molar-refractivity contribution < 1.29 is 19.1 Å². The van der Waals surface area contributed by atoms with Gasteiger partial charge in [0, 0.05) is 14.9 Å². The van der Waals surface area contributed by atoms with Crippen molar-refractivity contribution in [2.45, 2.75) is 5.92 Å². The second kappa shape index (κ2) is 9.69. The minimum atomic E-state index is -1.09. The highest BCUT2D eigenvalue weighted by atomic mass is 79.9. The quantitative estimate of drug-likeness (QED) is 0.431. The van der Waals surface area contributed by atoms with Crippen molar-refractivity contribution in [3.8, 4) is 0 Å². The van der Waals surface area contributed by atoms with Crippen molar-refractivity contribution in [3.05, 3.63) is 74.7 Å². The van der Waals surface area contributed by atoms with Crippen LogP contribution in [0.5, 0.6) is 0 Å². The standard InChI is InChI=1S/C20H18Br2O4/c1-25-19(23)18(20(24)26-2)17(14-6-4-8-16(22)12-14)10-9-13-5-3-7-15(21)11-13/h3-12,17-18H,1-2H3/b10-9+/t17-/m1/s1. The topological polar surface area (TPSA) is 52.6 Å². The fourth-order valence-electron chi connectivity index (χ4n) is 2.60. The predicted molar refractivity (Wildman–Crippen MR) is 108 cm³/mol. The van der Waals surface area contributed by atoms with Crippen LogP contribution in [0.3, 0.4) is 0 Å². The summed E-state index contributed by atoms with van der Waals surface area (Å²) < 4.78 is 11.5. The van der Waals surface area contributed by atoms with E-state index in [0.717, 1.165) is 20.1 Å². The van der Waals surface area contributed by atoms with Crippen molar-refractivity contribution in [1.82, 2.24) is 0 Å². The number of methoxy groups -OCH3 is 2. The van der Waals surface area contributed by atoms with E-state index in [4.69, 9.17) is 9.47 Å². The first-order chi connectivity index (χ1) is 12.5. The lowest BCUT2D eigenvalue weighted by molar-refractivity contribution is -0.159. The summed E-state index contributed by atoms with van der Waals surface area (Å²) in [6.07, 6.45) is 3.69. The predicted octanol–water partition coefficient (Wildman–Crippen LogP) is 4.97. The highest BCUT2D eigenvalue weighted by molar-refractivity contribution is 9.10. The van der Waals surface area contributed by atoms with Crippen LogP contribution in [0.25, 0.3) is 6.08 Å². The van der Waals surface area contributed by atoms with Gasteiger partial charge in [-0.3, -0.25) is 9.59 Å². The molecule has 0 fully saturated rings. The number of benzene rings is 2. The van der Waals surface area contributed by atoms with Gasteiger partial charge in [0.1, 0.15) is 0 Å². The molecule has 6 heteroatoms. The van der Waals surface area contributed by atoms with E-state index in [1.54, 1.807) is 0 Å². The van der Waals surface area contributed by atoms with Crippen LogP contribution >= 0.6 is 31.9 Å². The van der Waals surface area contributed by atoms with Crippen LogP contribution in [0.2, 0.25) is 0 Å². The van der Waals surface area contributed by atoms with Gasteiger partial charge < -0.3 is 9.47 Å². The molecule has 0 N–H and O–H groups in total. The van der Waals surface area contributed by atoms with Gasteiger partial charge in [-0.25, -0.2) is 0 Å². The molecule has 0 saturated heterocycles. The molecule has 2 aromatic rings. The molecule has 0 amide bonds. The normalized spacial score (nSPS) is 12.2. The van der Waals surface area contributed by atoms with Crippen molar-refractivity contribution in [2.75, 3.05) is 14.2 Å². The molecule has 1 atom stereocenters. The van der Waals surface area contributed by atoms with Crippen molar-refractivity contribution >= 4 is 49.9 Å². The number of ether oxygens (including phenoxy) is 2. The molecule has 26 heavy (non-hydrogen) atoms. The summed E-state index contributed by atoms with van der Waals surface area (Å²) in [7, 11) is 2.52. The van der Waals surface area contributed by atoms with Crippen molar-refractivity contribution in [3.63, 3.8) is 0 Å². The smallest absolute Gasteiger partial charge is 0.321 e. The largest absolute Gasteiger partial charge is 0.468 e. The average Bonchev–Trinajstić information content (AvgIpc) is 2.64. The maximum absolute atomic E-state index is 12.3. The van der Waals surface area contributed by atoms with Crippen LogP contribution in [0.4, 0.5) is 0 Å². The van der Waals surface area contributed by atoms with Crippen LogP contribution in [-0.2, 0) is 19.1 Å². The SMILES string of the molecule is COC(=O)C(C(=O)OC)[C@H](/C=C/c1cccc(Br)c1)c1cccc(Br)c1. The lowest BCUT2D eigenvalue weighted by Crippen LogP contribution is -2.31. The van der Waals surface area contributed by atoms with Gasteiger partial charge >= 0.3 is 11.9 Å². The molecule has 0 spiro atoms. The third-order valence-corrected chi connectivity index (χ3v) is 4.83. The van der Waals surface area contributed by atoms with E-state index < -0.39 is 23.8 Å². The summed E-state index contributed by atoms with van der Waals surface area (Å²) >= 11 is 6.86. The second-order valence-corrected chi connectivity index (χ2v) is 7.35. The van der Waals surface area contributed by atoms with E-state index >= 15 is 0 Å². The molecule has 0 aromatic heterocycles. The maximum Gasteiger partial charge on any atom is 0.321 e. The number of esters is 2. The Balaban J connectivity index is 2.50. The average molecular weight is 482 g/mol. The molecule has 0 aliphatic rings. The summed E-state index contributed by atoms with van der Waals surface area (Å²) in [4.78, 5) is 24.6. The number of hydrogen-bond donors (Lipinski definition) is 0. The van der Waals surface area contributed by atoms with Gasteiger partial charge in [0.15, 0.2) is 5.92 Å². The molecule has 0 bridgehead atoms. The van der Waals surface area contributed by atoms with Crippen molar-refractivity contribution in [1.29, 1.82) is 0 Å². The molecule has 2 aromatic carbocycles. The summed E-state index contributed by atoms with van der Waals surface area (Å²) in [6, 6.07) is 15.2. The number of rotatable bonds is 6. The molecule has 2 rings (SSSR count). The molecule has 136 valence electrons. The van der Waals surface area contributed by atoms with E-state index in [1.165, 1.54) is 14.2 Å². The van der Waals surface area contributed by atoms with Crippen LogP contribution in [0.15, 0.2) is 63.6 Å². The molecule has 4 nitrogen and oxygen atoms in total. The minimum absolute atomic E-state index is 0.536. The Morgan fingerprint density at radius 2 is 1.50 bits per heavy atom. The Labute approximate surface area is 169 Å². The van der Waals surface area contributed by atoms with E-state index in [-0.39, 0.29) is 0 Å². The van der Waals surface area contributed by atoms with E-state index in [2.05, 4.69) is 31.9 Å². The van der Waals surface area contributed by atoms with Gasteiger partial charge in [-0.2, -0.15) is 0 Å². The van der Waals surface area contributed by atoms with Crippen molar-refractivity contribution in [2.24, 2.45) is 5.92 Å². The molecule has 0 aliphatic carbocycles. The summed E-state index contributed by atoms with van der Waals surface area (Å²) in [5.41, 5.74) is 1.74. The Morgan fingerprint density at radius 1 is 0.923 bits per heavy atom.